The van der Waals surface area contributed by atoms with E-state index in [1.165, 1.54) is 6.92 Å². The highest BCUT2D eigenvalue weighted by Gasteiger charge is 2.25. The molecule has 0 N–H and O–H groups in total. The first-order valence-electron chi connectivity index (χ1n) is 4.54. The number of carbonyl (C=O) groups is 2. The van der Waals surface area contributed by atoms with E-state index in [-0.39, 0.29) is 12.5 Å². The van der Waals surface area contributed by atoms with E-state index in [9.17, 15) is 9.59 Å². The number of ether oxygens (including phenoxy) is 1. The third-order valence-corrected chi connectivity index (χ3v) is 2.27. The van der Waals surface area contributed by atoms with Crippen molar-refractivity contribution in [2.24, 2.45) is 0 Å². The lowest BCUT2D eigenvalue weighted by molar-refractivity contribution is -0.150. The molecule has 4 nitrogen and oxygen atoms in total. The first kappa shape index (κ1) is 10.0. The normalized spacial score (nSPS) is 21.7. The minimum absolute atomic E-state index is 0.0831. The van der Waals surface area contributed by atoms with Crippen molar-refractivity contribution in [3.63, 3.8) is 0 Å². The fraction of sp³-hybridized carbons (Fsp3) is 0.778. The number of carbonyl (C=O) groups excluding carboxylic acids is 2. The van der Waals surface area contributed by atoms with Crippen LogP contribution in [0.15, 0.2) is 0 Å². The van der Waals surface area contributed by atoms with E-state index >= 15 is 0 Å². The summed E-state index contributed by atoms with van der Waals surface area (Å²) in [4.78, 5) is 23.6. The second-order valence-corrected chi connectivity index (χ2v) is 3.36. The van der Waals surface area contributed by atoms with Crippen molar-refractivity contribution in [2.45, 2.75) is 32.7 Å². The summed E-state index contributed by atoms with van der Waals surface area (Å²) >= 11 is 0. The smallest absolute Gasteiger partial charge is 0.303 e. The van der Waals surface area contributed by atoms with Gasteiger partial charge in [0.2, 0.25) is 0 Å². The Balaban J connectivity index is 2.34. The van der Waals surface area contributed by atoms with Crippen LogP contribution < -0.4 is 0 Å². The van der Waals surface area contributed by atoms with Gasteiger partial charge < -0.3 is 9.64 Å². The number of esters is 1. The summed E-state index contributed by atoms with van der Waals surface area (Å²) in [6.45, 7) is 4.00. The molecule has 13 heavy (non-hydrogen) atoms. The van der Waals surface area contributed by atoms with Crippen LogP contribution in [-0.2, 0) is 14.3 Å². The second kappa shape index (κ2) is 4.25. The Morgan fingerprint density at radius 2 is 2.23 bits per heavy atom. The van der Waals surface area contributed by atoms with Gasteiger partial charge in [0.1, 0.15) is 0 Å². The molecule has 1 atom stereocenters. The standard InChI is InChI=1S/C9H15NO3/c1-7-4-3-5-10(7)9(12)6-13-8(2)11/h7H,3-6H2,1-2H3/t7-/m1/s1. The quantitative estimate of drug-likeness (QED) is 0.590. The molecule has 0 aliphatic carbocycles. The third-order valence-electron chi connectivity index (χ3n) is 2.27. The molecule has 0 aromatic rings. The number of rotatable bonds is 2. The van der Waals surface area contributed by atoms with Crippen LogP contribution in [0.5, 0.6) is 0 Å². The first-order valence-corrected chi connectivity index (χ1v) is 4.54. The van der Waals surface area contributed by atoms with E-state index in [4.69, 9.17) is 0 Å². The van der Waals surface area contributed by atoms with E-state index in [0.29, 0.717) is 6.04 Å². The summed E-state index contributed by atoms with van der Waals surface area (Å²) in [6, 6.07) is 0.294. The lowest BCUT2D eigenvalue weighted by Crippen LogP contribution is -2.36. The zero-order valence-electron chi connectivity index (χ0n) is 8.08. The Hall–Kier alpha value is -1.06. The van der Waals surface area contributed by atoms with E-state index in [2.05, 4.69) is 4.74 Å². The molecule has 0 bridgehead atoms. The fourth-order valence-electron chi connectivity index (χ4n) is 1.55. The van der Waals surface area contributed by atoms with Crippen molar-refractivity contribution in [3.8, 4) is 0 Å². The zero-order chi connectivity index (χ0) is 9.84. The zero-order valence-corrected chi connectivity index (χ0v) is 8.08. The molecule has 1 heterocycles. The van der Waals surface area contributed by atoms with Gasteiger partial charge in [0.25, 0.3) is 5.91 Å². The second-order valence-electron chi connectivity index (χ2n) is 3.36. The Morgan fingerprint density at radius 3 is 2.69 bits per heavy atom. The van der Waals surface area contributed by atoms with Gasteiger partial charge in [-0.2, -0.15) is 0 Å². The number of likely N-dealkylation sites (tertiary alicyclic amines) is 1. The Morgan fingerprint density at radius 1 is 1.54 bits per heavy atom. The van der Waals surface area contributed by atoms with Crippen LogP contribution in [0, 0.1) is 0 Å². The molecule has 74 valence electrons. The molecule has 0 aromatic heterocycles. The van der Waals surface area contributed by atoms with Crippen molar-refractivity contribution in [1.29, 1.82) is 0 Å². The van der Waals surface area contributed by atoms with E-state index in [1.54, 1.807) is 4.90 Å². The molecule has 1 aliphatic rings. The lowest BCUT2D eigenvalue weighted by atomic mass is 10.2. The molecule has 0 spiro atoms. The number of amides is 1. The van der Waals surface area contributed by atoms with E-state index in [1.807, 2.05) is 6.92 Å². The van der Waals surface area contributed by atoms with Gasteiger partial charge in [-0.05, 0) is 19.8 Å². The lowest BCUT2D eigenvalue weighted by Gasteiger charge is -2.20. The topological polar surface area (TPSA) is 46.6 Å². The maximum absolute atomic E-state index is 11.4. The van der Waals surface area contributed by atoms with Crippen LogP contribution in [0.25, 0.3) is 0 Å². The van der Waals surface area contributed by atoms with Crippen molar-refractivity contribution in [2.75, 3.05) is 13.2 Å². The number of nitrogens with zero attached hydrogens (tertiary/aromatic N) is 1. The summed E-state index contributed by atoms with van der Waals surface area (Å²) in [6.07, 6.45) is 2.10. The van der Waals surface area contributed by atoms with Crippen molar-refractivity contribution < 1.29 is 14.3 Å². The molecule has 1 aliphatic heterocycles. The molecule has 1 amide bonds. The van der Waals surface area contributed by atoms with Gasteiger partial charge in [-0.25, -0.2) is 0 Å². The number of hydrogen-bond acceptors (Lipinski definition) is 3. The molecule has 1 saturated heterocycles. The molecular weight excluding hydrogens is 170 g/mol. The maximum Gasteiger partial charge on any atom is 0.303 e. The van der Waals surface area contributed by atoms with Gasteiger partial charge in [-0.15, -0.1) is 0 Å². The van der Waals surface area contributed by atoms with Crippen molar-refractivity contribution in [1.82, 2.24) is 4.90 Å². The molecule has 1 rings (SSSR count). The van der Waals surface area contributed by atoms with Gasteiger partial charge >= 0.3 is 5.97 Å². The molecule has 0 radical (unpaired) electrons. The largest absolute Gasteiger partial charge is 0.456 e. The average Bonchev–Trinajstić information content (AvgIpc) is 2.47. The van der Waals surface area contributed by atoms with Gasteiger partial charge in [0.05, 0.1) is 0 Å². The third kappa shape index (κ3) is 2.72. The minimum Gasteiger partial charge on any atom is -0.456 e. The van der Waals surface area contributed by atoms with Gasteiger partial charge in [0, 0.05) is 19.5 Å². The average molecular weight is 185 g/mol. The fourth-order valence-corrected chi connectivity index (χ4v) is 1.55. The molecule has 0 aromatic carbocycles. The van der Waals surface area contributed by atoms with Crippen molar-refractivity contribution >= 4 is 11.9 Å². The minimum atomic E-state index is -0.403. The van der Waals surface area contributed by atoms with E-state index < -0.39 is 5.97 Å². The molecule has 0 saturated carbocycles. The van der Waals surface area contributed by atoms with Gasteiger partial charge in [-0.1, -0.05) is 0 Å². The Labute approximate surface area is 77.8 Å². The highest BCUT2D eigenvalue weighted by atomic mass is 16.5. The van der Waals surface area contributed by atoms with Gasteiger partial charge in [0.15, 0.2) is 6.61 Å². The van der Waals surface area contributed by atoms with Crippen LogP contribution in [0.2, 0.25) is 0 Å². The predicted molar refractivity (Wildman–Crippen MR) is 47.0 cm³/mol. The molecule has 1 fully saturated rings. The highest BCUT2D eigenvalue weighted by Crippen LogP contribution is 2.16. The SMILES string of the molecule is CC(=O)OCC(=O)N1CCC[C@H]1C. The summed E-state index contributed by atoms with van der Waals surface area (Å²) in [5.74, 6) is -0.486. The monoisotopic (exact) mass is 185 g/mol. The molecular formula is C9H15NO3. The Kier molecular flexibility index (Phi) is 3.28. The Bertz CT molecular complexity index is 215. The van der Waals surface area contributed by atoms with Crippen LogP contribution >= 0.6 is 0 Å². The van der Waals surface area contributed by atoms with Crippen LogP contribution in [0.3, 0.4) is 0 Å². The van der Waals surface area contributed by atoms with Crippen molar-refractivity contribution in [3.05, 3.63) is 0 Å². The number of hydrogen-bond donors (Lipinski definition) is 0. The molecule has 0 unspecified atom stereocenters. The predicted octanol–water partition coefficient (Wildman–Crippen LogP) is 0.560. The van der Waals surface area contributed by atoms with Gasteiger partial charge in [-0.3, -0.25) is 9.59 Å². The van der Waals surface area contributed by atoms with Crippen LogP contribution in [-0.4, -0.2) is 36.0 Å². The van der Waals surface area contributed by atoms with E-state index in [0.717, 1.165) is 19.4 Å². The summed E-state index contributed by atoms with van der Waals surface area (Å²) in [7, 11) is 0. The summed E-state index contributed by atoms with van der Waals surface area (Å²) < 4.78 is 4.63. The molecule has 4 heteroatoms. The summed E-state index contributed by atoms with van der Waals surface area (Å²) in [5, 5.41) is 0. The highest BCUT2D eigenvalue weighted by molar-refractivity contribution is 5.80. The first-order chi connectivity index (χ1) is 6.11. The maximum atomic E-state index is 11.4. The van der Waals surface area contributed by atoms with Crippen LogP contribution in [0.1, 0.15) is 26.7 Å². The summed E-state index contributed by atoms with van der Waals surface area (Å²) in [5.41, 5.74) is 0. The van der Waals surface area contributed by atoms with Crippen LogP contribution in [0.4, 0.5) is 0 Å².